The van der Waals surface area contributed by atoms with Gasteiger partial charge in [0.1, 0.15) is 0 Å². The van der Waals surface area contributed by atoms with Crippen molar-refractivity contribution >= 4 is 10.0 Å². The first kappa shape index (κ1) is 24.9. The lowest BCUT2D eigenvalue weighted by molar-refractivity contribution is 0.545. The molecule has 0 bridgehead atoms. The first-order valence-electron chi connectivity index (χ1n) is 10.3. The summed E-state index contributed by atoms with van der Waals surface area (Å²) in [5.74, 6) is 0. The van der Waals surface area contributed by atoms with Crippen molar-refractivity contribution in [2.45, 2.75) is 108 Å². The van der Waals surface area contributed by atoms with Crippen molar-refractivity contribution in [2.75, 3.05) is 6.54 Å². The molecule has 0 rings (SSSR count). The highest BCUT2D eigenvalue weighted by Crippen LogP contribution is 2.13. The van der Waals surface area contributed by atoms with Crippen LogP contribution in [-0.4, -0.2) is 20.2 Å². The van der Waals surface area contributed by atoms with Crippen LogP contribution in [0.1, 0.15) is 103 Å². The number of unbranched alkanes of at least 4 members (excludes halogenated alkanes) is 12. The number of nitrogens with one attached hydrogen (secondary N) is 1. The van der Waals surface area contributed by atoms with Crippen LogP contribution < -0.4 is 4.72 Å². The summed E-state index contributed by atoms with van der Waals surface area (Å²) in [5.41, 5.74) is 0. The van der Waals surface area contributed by atoms with Crippen LogP contribution in [0, 0.1) is 22.7 Å². The highest BCUT2D eigenvalue weighted by molar-refractivity contribution is 7.90. The molecule has 0 aliphatic rings. The summed E-state index contributed by atoms with van der Waals surface area (Å²) in [5, 5.41) is 16.7. The van der Waals surface area contributed by atoms with Crippen molar-refractivity contribution in [2.24, 2.45) is 0 Å². The number of sulfonamides is 1. The van der Waals surface area contributed by atoms with Crippen LogP contribution in [0.4, 0.5) is 0 Å². The molecule has 150 valence electrons. The third-order valence-corrected chi connectivity index (χ3v) is 6.30. The van der Waals surface area contributed by atoms with E-state index in [1.807, 2.05) is 6.07 Å². The van der Waals surface area contributed by atoms with E-state index >= 15 is 0 Å². The maximum Gasteiger partial charge on any atom is 0.227 e. The monoisotopic (exact) mass is 383 g/mol. The van der Waals surface area contributed by atoms with Crippen molar-refractivity contribution in [3.05, 3.63) is 0 Å². The Kier molecular flexibility index (Phi) is 16.6. The third kappa shape index (κ3) is 14.1. The molecule has 0 spiro atoms. The number of rotatable bonds is 18. The van der Waals surface area contributed by atoms with Gasteiger partial charge < -0.3 is 0 Å². The molecule has 0 saturated carbocycles. The zero-order chi connectivity index (χ0) is 19.5. The topological polar surface area (TPSA) is 93.8 Å². The Bertz CT molecular complexity index is 506. The molecule has 1 N–H and O–H groups in total. The molecule has 0 aliphatic carbocycles. The zero-order valence-corrected chi connectivity index (χ0v) is 17.3. The second kappa shape index (κ2) is 17.3. The van der Waals surface area contributed by atoms with Crippen molar-refractivity contribution in [3.8, 4) is 12.1 Å². The lowest BCUT2D eigenvalue weighted by atomic mass is 10.1. The van der Waals surface area contributed by atoms with E-state index in [2.05, 4.69) is 17.7 Å². The molecule has 0 amide bonds. The number of nitriles is 2. The SMILES string of the molecule is CCCCCCCCCC(C#N)S(=O)(=O)NCCCCCCCCC#N. The molecule has 0 aliphatic heterocycles. The van der Waals surface area contributed by atoms with Crippen LogP contribution in [0.25, 0.3) is 0 Å². The number of nitrogens with zero attached hydrogens (tertiary/aromatic N) is 2. The number of hydrogen-bond donors (Lipinski definition) is 1. The molecule has 0 fully saturated rings. The molecule has 0 aromatic carbocycles. The van der Waals surface area contributed by atoms with Crippen molar-refractivity contribution < 1.29 is 8.42 Å². The molecule has 1 atom stereocenters. The summed E-state index contributed by atoms with van der Waals surface area (Å²) >= 11 is 0. The predicted octanol–water partition coefficient (Wildman–Crippen LogP) is 5.19. The normalized spacial score (nSPS) is 12.4. The van der Waals surface area contributed by atoms with Gasteiger partial charge in [0.05, 0.1) is 12.1 Å². The highest BCUT2D eigenvalue weighted by atomic mass is 32.2. The second-order valence-electron chi connectivity index (χ2n) is 7.00. The fourth-order valence-electron chi connectivity index (χ4n) is 2.93. The molecule has 0 saturated heterocycles. The molecule has 6 heteroatoms. The van der Waals surface area contributed by atoms with E-state index in [0.717, 1.165) is 57.8 Å². The van der Waals surface area contributed by atoms with Gasteiger partial charge in [0.2, 0.25) is 10.0 Å². The van der Waals surface area contributed by atoms with Gasteiger partial charge in [-0.05, 0) is 19.3 Å². The maximum atomic E-state index is 12.2. The molecule has 5 nitrogen and oxygen atoms in total. The van der Waals surface area contributed by atoms with E-state index in [0.29, 0.717) is 19.4 Å². The molecule has 0 radical (unpaired) electrons. The Hall–Kier alpha value is -1.11. The van der Waals surface area contributed by atoms with Gasteiger partial charge >= 0.3 is 0 Å². The summed E-state index contributed by atoms with van der Waals surface area (Å²) in [6.07, 6.45) is 14.9. The summed E-state index contributed by atoms with van der Waals surface area (Å²) in [6, 6.07) is 4.10. The Labute approximate surface area is 161 Å². The highest BCUT2D eigenvalue weighted by Gasteiger charge is 2.23. The minimum absolute atomic E-state index is 0.412. The van der Waals surface area contributed by atoms with Gasteiger partial charge in [-0.15, -0.1) is 0 Å². The quantitative estimate of drug-likeness (QED) is 0.329. The lowest BCUT2D eigenvalue weighted by Gasteiger charge is -2.12. The van der Waals surface area contributed by atoms with Gasteiger partial charge in [-0.25, -0.2) is 13.1 Å². The Morgan fingerprint density at radius 3 is 1.92 bits per heavy atom. The van der Waals surface area contributed by atoms with Gasteiger partial charge in [-0.1, -0.05) is 77.6 Å². The first-order chi connectivity index (χ1) is 12.6. The van der Waals surface area contributed by atoms with E-state index < -0.39 is 15.3 Å². The summed E-state index contributed by atoms with van der Waals surface area (Å²) < 4.78 is 27.0. The first-order valence-corrected chi connectivity index (χ1v) is 11.9. The van der Waals surface area contributed by atoms with E-state index in [-0.39, 0.29) is 0 Å². The van der Waals surface area contributed by atoms with E-state index in [1.54, 1.807) is 0 Å². The van der Waals surface area contributed by atoms with Crippen LogP contribution in [0.2, 0.25) is 0 Å². The van der Waals surface area contributed by atoms with Gasteiger partial charge in [0.15, 0.2) is 5.25 Å². The van der Waals surface area contributed by atoms with E-state index in [9.17, 15) is 13.7 Å². The van der Waals surface area contributed by atoms with E-state index in [4.69, 9.17) is 5.26 Å². The Morgan fingerprint density at radius 1 is 0.808 bits per heavy atom. The van der Waals surface area contributed by atoms with Gasteiger partial charge in [-0.2, -0.15) is 10.5 Å². The maximum absolute atomic E-state index is 12.2. The molecule has 0 aromatic rings. The van der Waals surface area contributed by atoms with Crippen molar-refractivity contribution in [1.29, 1.82) is 10.5 Å². The fraction of sp³-hybridized carbons (Fsp3) is 0.900. The van der Waals surface area contributed by atoms with Gasteiger partial charge in [-0.3, -0.25) is 0 Å². The Morgan fingerprint density at radius 2 is 1.35 bits per heavy atom. The smallest absolute Gasteiger partial charge is 0.214 e. The lowest BCUT2D eigenvalue weighted by Crippen LogP contribution is -2.34. The third-order valence-electron chi connectivity index (χ3n) is 4.61. The average Bonchev–Trinajstić information content (AvgIpc) is 2.62. The van der Waals surface area contributed by atoms with Gasteiger partial charge in [0.25, 0.3) is 0 Å². The molecular weight excluding hydrogens is 346 g/mol. The van der Waals surface area contributed by atoms with Crippen LogP contribution >= 0.6 is 0 Å². The molecule has 26 heavy (non-hydrogen) atoms. The second-order valence-corrected chi connectivity index (χ2v) is 8.94. The minimum atomic E-state index is -3.53. The minimum Gasteiger partial charge on any atom is -0.214 e. The summed E-state index contributed by atoms with van der Waals surface area (Å²) in [7, 11) is -3.53. The molecular formula is C20H37N3O2S. The summed E-state index contributed by atoms with van der Waals surface area (Å²) in [6.45, 7) is 2.60. The number of hydrogen-bond acceptors (Lipinski definition) is 4. The average molecular weight is 384 g/mol. The fourth-order valence-corrected chi connectivity index (χ4v) is 4.17. The van der Waals surface area contributed by atoms with Crippen molar-refractivity contribution in [1.82, 2.24) is 4.72 Å². The predicted molar refractivity (Wildman–Crippen MR) is 107 cm³/mol. The zero-order valence-electron chi connectivity index (χ0n) is 16.5. The molecule has 0 aromatic heterocycles. The summed E-state index contributed by atoms with van der Waals surface area (Å²) in [4.78, 5) is 0. The largest absolute Gasteiger partial charge is 0.227 e. The van der Waals surface area contributed by atoms with Crippen LogP contribution in [-0.2, 0) is 10.0 Å². The molecule has 0 heterocycles. The van der Waals surface area contributed by atoms with E-state index in [1.165, 1.54) is 25.7 Å². The molecule has 1 unspecified atom stereocenters. The Balaban J connectivity index is 3.79. The van der Waals surface area contributed by atoms with Crippen molar-refractivity contribution in [3.63, 3.8) is 0 Å². The standard InChI is InChI=1S/C20H37N3O2S/c1-2-3-4-5-7-10-13-16-20(19-22)26(24,25)23-18-15-12-9-6-8-11-14-17-21/h20,23H,2-16,18H2,1H3. The van der Waals surface area contributed by atoms with Crippen LogP contribution in [0.5, 0.6) is 0 Å². The van der Waals surface area contributed by atoms with Crippen LogP contribution in [0.15, 0.2) is 0 Å². The van der Waals surface area contributed by atoms with Gasteiger partial charge in [0, 0.05) is 13.0 Å². The van der Waals surface area contributed by atoms with Crippen LogP contribution in [0.3, 0.4) is 0 Å².